The van der Waals surface area contributed by atoms with Gasteiger partial charge in [-0.05, 0) is 24.6 Å². The van der Waals surface area contributed by atoms with Crippen molar-refractivity contribution in [2.45, 2.75) is 19.9 Å². The molecule has 0 unspecified atom stereocenters. The second kappa shape index (κ2) is 4.46. The van der Waals surface area contributed by atoms with Gasteiger partial charge in [-0.25, -0.2) is 0 Å². The zero-order valence-electron chi connectivity index (χ0n) is 9.93. The quantitative estimate of drug-likeness (QED) is 0.721. The third-order valence-electron chi connectivity index (χ3n) is 2.89. The van der Waals surface area contributed by atoms with Crippen LogP contribution >= 0.6 is 11.6 Å². The standard InChI is InChI=1S/C13H12ClN3O/c1-2-5-17-11-7-10(14)4-3-9(11)6-12(17)13-16-15-8-18-13/h3-4,6-8H,2,5H2,1H3. The van der Waals surface area contributed by atoms with Gasteiger partial charge in [0.25, 0.3) is 5.89 Å². The Morgan fingerprint density at radius 2 is 2.22 bits per heavy atom. The molecular formula is C13H12ClN3O. The summed E-state index contributed by atoms with van der Waals surface area (Å²) < 4.78 is 7.45. The topological polar surface area (TPSA) is 43.9 Å². The van der Waals surface area contributed by atoms with Crippen LogP contribution in [0.5, 0.6) is 0 Å². The van der Waals surface area contributed by atoms with E-state index in [0.717, 1.165) is 34.6 Å². The fraction of sp³-hybridized carbons (Fsp3) is 0.231. The van der Waals surface area contributed by atoms with E-state index in [4.69, 9.17) is 16.0 Å². The van der Waals surface area contributed by atoms with E-state index in [1.165, 1.54) is 6.39 Å². The second-order valence-corrected chi connectivity index (χ2v) is 4.56. The van der Waals surface area contributed by atoms with Crippen LogP contribution < -0.4 is 0 Å². The monoisotopic (exact) mass is 261 g/mol. The Labute approximate surface area is 109 Å². The van der Waals surface area contributed by atoms with Crippen LogP contribution in [0.25, 0.3) is 22.5 Å². The number of hydrogen-bond acceptors (Lipinski definition) is 3. The van der Waals surface area contributed by atoms with E-state index >= 15 is 0 Å². The Morgan fingerprint density at radius 3 is 2.94 bits per heavy atom. The number of fused-ring (bicyclic) bond motifs is 1. The summed E-state index contributed by atoms with van der Waals surface area (Å²) in [6.45, 7) is 3.02. The molecule has 0 aliphatic heterocycles. The van der Waals surface area contributed by atoms with Gasteiger partial charge in [-0.2, -0.15) is 0 Å². The minimum absolute atomic E-state index is 0.538. The SMILES string of the molecule is CCCn1c(-c2nnco2)cc2ccc(Cl)cc21. The van der Waals surface area contributed by atoms with Gasteiger partial charge in [0.05, 0.1) is 5.52 Å². The van der Waals surface area contributed by atoms with Gasteiger partial charge in [0.2, 0.25) is 6.39 Å². The number of nitrogens with zero attached hydrogens (tertiary/aromatic N) is 3. The van der Waals surface area contributed by atoms with Crippen LogP contribution in [0.15, 0.2) is 35.1 Å². The highest BCUT2D eigenvalue weighted by Crippen LogP contribution is 2.29. The molecule has 0 N–H and O–H groups in total. The molecule has 4 nitrogen and oxygen atoms in total. The third-order valence-corrected chi connectivity index (χ3v) is 3.13. The molecule has 3 aromatic rings. The summed E-state index contributed by atoms with van der Waals surface area (Å²) in [6, 6.07) is 7.91. The van der Waals surface area contributed by atoms with Crippen molar-refractivity contribution in [3.8, 4) is 11.6 Å². The molecule has 0 fully saturated rings. The lowest BCUT2D eigenvalue weighted by Crippen LogP contribution is -1.99. The predicted molar refractivity (Wildman–Crippen MR) is 70.5 cm³/mol. The van der Waals surface area contributed by atoms with Crippen molar-refractivity contribution in [1.82, 2.24) is 14.8 Å². The number of hydrogen-bond donors (Lipinski definition) is 0. The first-order valence-electron chi connectivity index (χ1n) is 5.85. The van der Waals surface area contributed by atoms with Crippen molar-refractivity contribution < 1.29 is 4.42 Å². The molecule has 5 heteroatoms. The number of rotatable bonds is 3. The Kier molecular flexibility index (Phi) is 2.80. The second-order valence-electron chi connectivity index (χ2n) is 4.13. The predicted octanol–water partition coefficient (Wildman–Crippen LogP) is 3.75. The largest absolute Gasteiger partial charge is 0.422 e. The molecule has 0 bridgehead atoms. The van der Waals surface area contributed by atoms with Crippen LogP contribution in [0.4, 0.5) is 0 Å². The van der Waals surface area contributed by atoms with E-state index in [1.807, 2.05) is 18.2 Å². The maximum atomic E-state index is 6.06. The molecule has 18 heavy (non-hydrogen) atoms. The highest BCUT2D eigenvalue weighted by Gasteiger charge is 2.14. The molecule has 0 saturated heterocycles. The molecule has 2 heterocycles. The first-order chi connectivity index (χ1) is 8.79. The Bertz CT molecular complexity index is 673. The molecule has 92 valence electrons. The molecule has 0 atom stereocenters. The average Bonchev–Trinajstić information content (AvgIpc) is 2.98. The summed E-state index contributed by atoms with van der Waals surface area (Å²) in [7, 11) is 0. The van der Waals surface area contributed by atoms with Crippen molar-refractivity contribution in [3.05, 3.63) is 35.7 Å². The summed E-state index contributed by atoms with van der Waals surface area (Å²) in [4.78, 5) is 0. The van der Waals surface area contributed by atoms with Gasteiger partial charge < -0.3 is 8.98 Å². The van der Waals surface area contributed by atoms with Crippen LogP contribution in [-0.2, 0) is 6.54 Å². The Hall–Kier alpha value is -1.81. The molecule has 3 rings (SSSR count). The molecule has 2 aromatic heterocycles. The highest BCUT2D eigenvalue weighted by atomic mass is 35.5. The molecule has 0 aliphatic rings. The van der Waals surface area contributed by atoms with Gasteiger partial charge >= 0.3 is 0 Å². The van der Waals surface area contributed by atoms with Crippen LogP contribution in [0, 0.1) is 0 Å². The zero-order valence-corrected chi connectivity index (χ0v) is 10.7. The summed E-state index contributed by atoms with van der Waals surface area (Å²) >= 11 is 6.06. The summed E-state index contributed by atoms with van der Waals surface area (Å²) in [5.74, 6) is 0.538. The Morgan fingerprint density at radius 1 is 1.33 bits per heavy atom. The van der Waals surface area contributed by atoms with Crippen molar-refractivity contribution >= 4 is 22.5 Å². The van der Waals surface area contributed by atoms with E-state index in [2.05, 4.69) is 27.8 Å². The van der Waals surface area contributed by atoms with E-state index in [0.29, 0.717) is 5.89 Å². The normalized spacial score (nSPS) is 11.2. The number of aromatic nitrogens is 3. The smallest absolute Gasteiger partial charge is 0.264 e. The molecule has 0 aliphatic carbocycles. The third kappa shape index (κ3) is 1.78. The van der Waals surface area contributed by atoms with Gasteiger partial charge in [-0.1, -0.05) is 24.6 Å². The van der Waals surface area contributed by atoms with Crippen molar-refractivity contribution in [2.75, 3.05) is 0 Å². The van der Waals surface area contributed by atoms with E-state index in [-0.39, 0.29) is 0 Å². The fourth-order valence-corrected chi connectivity index (χ4v) is 2.32. The lowest BCUT2D eigenvalue weighted by atomic mass is 10.2. The van der Waals surface area contributed by atoms with E-state index in [1.54, 1.807) is 0 Å². The summed E-state index contributed by atoms with van der Waals surface area (Å²) in [5.41, 5.74) is 2.03. The van der Waals surface area contributed by atoms with Gasteiger partial charge in [-0.15, -0.1) is 10.2 Å². The summed E-state index contributed by atoms with van der Waals surface area (Å²) in [5, 5.41) is 9.57. The van der Waals surface area contributed by atoms with Crippen molar-refractivity contribution in [1.29, 1.82) is 0 Å². The minimum atomic E-state index is 0.538. The lowest BCUT2D eigenvalue weighted by molar-refractivity contribution is 0.559. The molecular weight excluding hydrogens is 250 g/mol. The van der Waals surface area contributed by atoms with Gasteiger partial charge in [0.15, 0.2) is 0 Å². The number of aryl methyl sites for hydroxylation is 1. The van der Waals surface area contributed by atoms with Gasteiger partial charge in [-0.3, -0.25) is 0 Å². The first kappa shape index (κ1) is 11.3. The van der Waals surface area contributed by atoms with Crippen LogP contribution in [0.2, 0.25) is 5.02 Å². The molecule has 1 aromatic carbocycles. The molecule has 0 spiro atoms. The average molecular weight is 262 g/mol. The number of halogens is 1. The first-order valence-corrected chi connectivity index (χ1v) is 6.22. The minimum Gasteiger partial charge on any atom is -0.422 e. The lowest BCUT2D eigenvalue weighted by Gasteiger charge is -2.06. The molecule has 0 saturated carbocycles. The fourth-order valence-electron chi connectivity index (χ4n) is 2.15. The molecule has 0 amide bonds. The highest BCUT2D eigenvalue weighted by molar-refractivity contribution is 6.31. The maximum absolute atomic E-state index is 6.06. The van der Waals surface area contributed by atoms with Crippen LogP contribution in [-0.4, -0.2) is 14.8 Å². The maximum Gasteiger partial charge on any atom is 0.264 e. The van der Waals surface area contributed by atoms with E-state index < -0.39 is 0 Å². The van der Waals surface area contributed by atoms with Crippen molar-refractivity contribution in [2.24, 2.45) is 0 Å². The van der Waals surface area contributed by atoms with Crippen molar-refractivity contribution in [3.63, 3.8) is 0 Å². The van der Waals surface area contributed by atoms with Gasteiger partial charge in [0, 0.05) is 17.0 Å². The molecule has 0 radical (unpaired) electrons. The van der Waals surface area contributed by atoms with E-state index in [9.17, 15) is 0 Å². The van der Waals surface area contributed by atoms with Crippen LogP contribution in [0.3, 0.4) is 0 Å². The Balaban J connectivity index is 2.27. The zero-order chi connectivity index (χ0) is 12.5. The van der Waals surface area contributed by atoms with Gasteiger partial charge in [0.1, 0.15) is 5.69 Å². The summed E-state index contributed by atoms with van der Waals surface area (Å²) in [6.07, 6.45) is 2.37. The van der Waals surface area contributed by atoms with Crippen LogP contribution in [0.1, 0.15) is 13.3 Å². The number of benzene rings is 1.